The Bertz CT molecular complexity index is 484. The number of nitrogens with one attached hydrogen (secondary N) is 1. The molecule has 1 fully saturated rings. The highest BCUT2D eigenvalue weighted by molar-refractivity contribution is 5.64. The number of rotatable bonds is 9. The number of aliphatic carboxylic acids is 1. The van der Waals surface area contributed by atoms with Crippen molar-refractivity contribution in [2.75, 3.05) is 32.8 Å². The minimum Gasteiger partial charge on any atom is -0.550 e. The Balaban J connectivity index is 1.91. The average Bonchev–Trinajstić information content (AvgIpc) is 3.00. The molecule has 0 radical (unpaired) electrons. The Labute approximate surface area is 131 Å². The minimum absolute atomic E-state index is 0.0179. The number of hydrogen-bond acceptors (Lipinski definition) is 4. The molecule has 0 spiro atoms. The molecular weight excluding hydrogens is 282 g/mol. The van der Waals surface area contributed by atoms with Crippen LogP contribution in [0.4, 0.5) is 0 Å². The molecule has 0 aromatic heterocycles. The van der Waals surface area contributed by atoms with Crippen molar-refractivity contribution in [1.29, 1.82) is 0 Å². The van der Waals surface area contributed by atoms with Crippen LogP contribution >= 0.6 is 0 Å². The number of benzene rings is 1. The van der Waals surface area contributed by atoms with Gasteiger partial charge in [0.2, 0.25) is 0 Å². The molecule has 1 aliphatic rings. The molecule has 1 aromatic carbocycles. The molecule has 1 aromatic rings. The Hall–Kier alpha value is -1.75. The molecule has 22 heavy (non-hydrogen) atoms. The molecule has 0 aliphatic carbocycles. The van der Waals surface area contributed by atoms with Crippen molar-refractivity contribution >= 4 is 5.97 Å². The summed E-state index contributed by atoms with van der Waals surface area (Å²) >= 11 is 0. The summed E-state index contributed by atoms with van der Waals surface area (Å²) in [5, 5.41) is 10.5. The third-order valence-corrected chi connectivity index (χ3v) is 3.95. The van der Waals surface area contributed by atoms with Crippen LogP contribution in [0.5, 0.6) is 11.5 Å². The zero-order valence-electron chi connectivity index (χ0n) is 13.2. The number of quaternary nitrogens is 1. The van der Waals surface area contributed by atoms with E-state index in [0.717, 1.165) is 17.9 Å². The normalized spacial score (nSPS) is 15.0. The standard InChI is InChI=1S/C17H25NO4/c1-2-21-16-13-14(6-8-17(19)20)5-7-15(16)22-12-11-18-9-3-4-10-18/h5,7,13H,2-4,6,8-12H2,1H3,(H,19,20). The molecule has 1 saturated heterocycles. The molecule has 5 nitrogen and oxygen atoms in total. The number of aryl methyl sites for hydroxylation is 1. The van der Waals surface area contributed by atoms with Gasteiger partial charge in [0.25, 0.3) is 0 Å². The van der Waals surface area contributed by atoms with Crippen LogP contribution in [0.25, 0.3) is 0 Å². The monoisotopic (exact) mass is 307 g/mol. The van der Waals surface area contributed by atoms with Gasteiger partial charge in [-0.25, -0.2) is 0 Å². The third kappa shape index (κ3) is 5.22. The van der Waals surface area contributed by atoms with Crippen molar-refractivity contribution in [2.24, 2.45) is 0 Å². The van der Waals surface area contributed by atoms with Crippen LogP contribution in [0.2, 0.25) is 0 Å². The summed E-state index contributed by atoms with van der Waals surface area (Å²) in [6.07, 6.45) is 3.09. The molecule has 0 unspecified atom stereocenters. The zero-order valence-corrected chi connectivity index (χ0v) is 13.2. The molecule has 1 heterocycles. The van der Waals surface area contributed by atoms with E-state index in [-0.39, 0.29) is 6.42 Å². The van der Waals surface area contributed by atoms with E-state index in [1.807, 2.05) is 25.1 Å². The first-order valence-corrected chi connectivity index (χ1v) is 8.11. The van der Waals surface area contributed by atoms with Crippen molar-refractivity contribution in [1.82, 2.24) is 0 Å². The van der Waals surface area contributed by atoms with Crippen molar-refractivity contribution in [3.05, 3.63) is 23.8 Å². The van der Waals surface area contributed by atoms with Gasteiger partial charge in [-0.3, -0.25) is 0 Å². The van der Waals surface area contributed by atoms with E-state index in [1.165, 1.54) is 25.9 Å². The van der Waals surface area contributed by atoms with Crippen LogP contribution in [-0.4, -0.2) is 38.8 Å². The van der Waals surface area contributed by atoms with Gasteiger partial charge < -0.3 is 24.3 Å². The first-order valence-electron chi connectivity index (χ1n) is 8.11. The summed E-state index contributed by atoms with van der Waals surface area (Å²) in [7, 11) is 0. The first-order chi connectivity index (χ1) is 10.7. The van der Waals surface area contributed by atoms with Crippen LogP contribution in [0.3, 0.4) is 0 Å². The van der Waals surface area contributed by atoms with Gasteiger partial charge in [-0.2, -0.15) is 0 Å². The van der Waals surface area contributed by atoms with E-state index >= 15 is 0 Å². The molecule has 0 atom stereocenters. The maximum Gasteiger partial charge on any atom is 0.161 e. The maximum atomic E-state index is 10.5. The first kappa shape index (κ1) is 16.6. The molecule has 0 saturated carbocycles. The van der Waals surface area contributed by atoms with Crippen molar-refractivity contribution in [2.45, 2.75) is 32.6 Å². The van der Waals surface area contributed by atoms with E-state index in [2.05, 4.69) is 0 Å². The fourth-order valence-corrected chi connectivity index (χ4v) is 2.77. The predicted molar refractivity (Wildman–Crippen MR) is 81.2 cm³/mol. The molecule has 0 amide bonds. The van der Waals surface area contributed by atoms with E-state index in [1.54, 1.807) is 4.90 Å². The summed E-state index contributed by atoms with van der Waals surface area (Å²) in [6, 6.07) is 5.63. The summed E-state index contributed by atoms with van der Waals surface area (Å²) in [5.41, 5.74) is 0.921. The lowest BCUT2D eigenvalue weighted by molar-refractivity contribution is -0.887. The number of carboxylic acid groups (broad SMARTS) is 1. The van der Waals surface area contributed by atoms with Crippen LogP contribution in [0.1, 0.15) is 31.7 Å². The lowest BCUT2D eigenvalue weighted by Crippen LogP contribution is -3.10. The van der Waals surface area contributed by atoms with Gasteiger partial charge in [-0.1, -0.05) is 6.07 Å². The fraction of sp³-hybridized carbons (Fsp3) is 0.588. The Morgan fingerprint density at radius 2 is 2.00 bits per heavy atom. The lowest BCUT2D eigenvalue weighted by Gasteiger charge is -2.16. The van der Waals surface area contributed by atoms with E-state index in [0.29, 0.717) is 25.4 Å². The SMILES string of the molecule is CCOc1cc(CCC(=O)[O-])ccc1OCC[NH+]1CCCC1. The van der Waals surface area contributed by atoms with E-state index in [4.69, 9.17) is 9.47 Å². The number of carbonyl (C=O) groups excluding carboxylic acids is 1. The van der Waals surface area contributed by atoms with Gasteiger partial charge in [0.05, 0.1) is 19.7 Å². The van der Waals surface area contributed by atoms with Crippen LogP contribution in [0, 0.1) is 0 Å². The highest BCUT2D eigenvalue weighted by Gasteiger charge is 2.15. The summed E-state index contributed by atoms with van der Waals surface area (Å²) in [5.74, 6) is 0.388. The van der Waals surface area contributed by atoms with Crippen LogP contribution in [-0.2, 0) is 11.2 Å². The van der Waals surface area contributed by atoms with E-state index < -0.39 is 5.97 Å². The third-order valence-electron chi connectivity index (χ3n) is 3.95. The molecule has 1 aliphatic heterocycles. The highest BCUT2D eigenvalue weighted by atomic mass is 16.5. The van der Waals surface area contributed by atoms with Crippen molar-refractivity contribution in [3.8, 4) is 11.5 Å². The molecule has 0 bridgehead atoms. The number of carbonyl (C=O) groups is 1. The Morgan fingerprint density at radius 3 is 2.68 bits per heavy atom. The highest BCUT2D eigenvalue weighted by Crippen LogP contribution is 2.28. The number of ether oxygens (including phenoxy) is 2. The second-order valence-corrected chi connectivity index (χ2v) is 5.64. The zero-order chi connectivity index (χ0) is 15.8. The molecule has 2 rings (SSSR count). The van der Waals surface area contributed by atoms with Gasteiger partial charge in [0.15, 0.2) is 11.5 Å². The quantitative estimate of drug-likeness (QED) is 0.688. The summed E-state index contributed by atoms with van der Waals surface area (Å²) < 4.78 is 11.5. The van der Waals surface area contributed by atoms with Gasteiger partial charge in [0.1, 0.15) is 13.2 Å². The molecule has 1 N–H and O–H groups in total. The predicted octanol–water partition coefficient (Wildman–Crippen LogP) is -0.175. The lowest BCUT2D eigenvalue weighted by atomic mass is 10.1. The van der Waals surface area contributed by atoms with Gasteiger partial charge in [-0.15, -0.1) is 0 Å². The van der Waals surface area contributed by atoms with Crippen molar-refractivity contribution in [3.63, 3.8) is 0 Å². The topological polar surface area (TPSA) is 63.0 Å². The summed E-state index contributed by atoms with van der Waals surface area (Å²) in [4.78, 5) is 12.1. The summed E-state index contributed by atoms with van der Waals surface area (Å²) in [6.45, 7) is 6.64. The van der Waals surface area contributed by atoms with Gasteiger partial charge in [-0.05, 0) is 37.5 Å². The van der Waals surface area contributed by atoms with Gasteiger partial charge >= 0.3 is 0 Å². The molecule has 122 valence electrons. The maximum absolute atomic E-state index is 10.5. The fourth-order valence-electron chi connectivity index (χ4n) is 2.77. The van der Waals surface area contributed by atoms with Crippen molar-refractivity contribution < 1.29 is 24.3 Å². The number of hydrogen-bond donors (Lipinski definition) is 1. The van der Waals surface area contributed by atoms with E-state index in [9.17, 15) is 9.90 Å². The Morgan fingerprint density at radius 1 is 1.23 bits per heavy atom. The minimum atomic E-state index is -1.04. The second-order valence-electron chi connectivity index (χ2n) is 5.64. The van der Waals surface area contributed by atoms with Gasteiger partial charge in [0, 0.05) is 18.8 Å². The van der Waals surface area contributed by atoms with Crippen LogP contribution < -0.4 is 19.5 Å². The number of likely N-dealkylation sites (tertiary alicyclic amines) is 1. The largest absolute Gasteiger partial charge is 0.550 e. The molecule has 5 heteroatoms. The molecular formula is C17H25NO4. The second kappa shape index (κ2) is 8.63. The Kier molecular flexibility index (Phi) is 6.52. The van der Waals surface area contributed by atoms with Crippen LogP contribution in [0.15, 0.2) is 18.2 Å². The smallest absolute Gasteiger partial charge is 0.161 e. The number of carboxylic acids is 1. The average molecular weight is 307 g/mol.